The Balaban J connectivity index is 1.24. The van der Waals surface area contributed by atoms with Crippen LogP contribution >= 0.6 is 11.3 Å². The van der Waals surface area contributed by atoms with Crippen molar-refractivity contribution in [3.63, 3.8) is 0 Å². The van der Waals surface area contributed by atoms with E-state index in [-0.39, 0.29) is 12.8 Å². The second-order valence-electron chi connectivity index (χ2n) is 9.74. The smallest absolute Gasteiger partial charge is 0.306 e. The zero-order valence-corrected chi connectivity index (χ0v) is 21.5. The molecule has 3 aliphatic rings. The van der Waals surface area contributed by atoms with Crippen molar-refractivity contribution in [3.8, 4) is 11.5 Å². The molecular formula is C27H32N4O4S. The number of carbonyl (C=O) groups excluding carboxylic acids is 1. The van der Waals surface area contributed by atoms with Crippen LogP contribution in [-0.2, 0) is 28.9 Å². The molecule has 3 aromatic rings. The fourth-order valence-electron chi connectivity index (χ4n) is 5.44. The van der Waals surface area contributed by atoms with E-state index in [0.29, 0.717) is 25.5 Å². The topological polar surface area (TPSA) is 85.8 Å². The van der Waals surface area contributed by atoms with Crippen LogP contribution in [0.15, 0.2) is 18.2 Å². The maximum atomic E-state index is 11.9. The molecule has 0 bridgehead atoms. The maximum absolute atomic E-state index is 11.9. The monoisotopic (exact) mass is 508 g/mol. The quantitative estimate of drug-likeness (QED) is 0.442. The van der Waals surface area contributed by atoms with Gasteiger partial charge >= 0.3 is 5.97 Å². The highest BCUT2D eigenvalue weighted by molar-refractivity contribution is 7.19. The van der Waals surface area contributed by atoms with E-state index in [1.165, 1.54) is 28.7 Å². The van der Waals surface area contributed by atoms with Crippen molar-refractivity contribution in [1.29, 1.82) is 0 Å². The number of piperidine rings is 1. The van der Waals surface area contributed by atoms with Gasteiger partial charge in [-0.15, -0.1) is 11.3 Å². The first-order valence-electron chi connectivity index (χ1n) is 13.0. The molecule has 1 aliphatic carbocycles. The van der Waals surface area contributed by atoms with Crippen LogP contribution < -0.4 is 19.7 Å². The van der Waals surface area contributed by atoms with Crippen molar-refractivity contribution >= 4 is 39.3 Å². The number of nitrogens with one attached hydrogen (secondary N) is 1. The third-order valence-corrected chi connectivity index (χ3v) is 8.54. The van der Waals surface area contributed by atoms with Crippen LogP contribution in [0.4, 0.5) is 11.8 Å². The number of fused-ring (bicyclic) bond motifs is 4. The van der Waals surface area contributed by atoms with Crippen molar-refractivity contribution in [2.45, 2.75) is 58.4 Å². The molecule has 36 heavy (non-hydrogen) atoms. The Bertz CT molecular complexity index is 1270. The van der Waals surface area contributed by atoms with Gasteiger partial charge in [-0.1, -0.05) is 6.07 Å². The van der Waals surface area contributed by atoms with E-state index < -0.39 is 0 Å². The van der Waals surface area contributed by atoms with Gasteiger partial charge in [0.2, 0.25) is 12.7 Å². The Morgan fingerprint density at radius 2 is 2.00 bits per heavy atom. The lowest BCUT2D eigenvalue weighted by Gasteiger charge is -2.31. The summed E-state index contributed by atoms with van der Waals surface area (Å²) in [5.41, 5.74) is 2.55. The highest BCUT2D eigenvalue weighted by Gasteiger charge is 2.26. The Morgan fingerprint density at radius 1 is 1.17 bits per heavy atom. The average Bonchev–Trinajstić information content (AvgIpc) is 3.52. The summed E-state index contributed by atoms with van der Waals surface area (Å²) < 4.78 is 16.2. The lowest BCUT2D eigenvalue weighted by Crippen LogP contribution is -2.35. The van der Waals surface area contributed by atoms with Crippen LogP contribution in [0.5, 0.6) is 11.5 Å². The number of rotatable bonds is 7. The minimum Gasteiger partial charge on any atom is -0.466 e. The summed E-state index contributed by atoms with van der Waals surface area (Å²) >= 11 is 1.83. The fraction of sp³-hybridized carbons (Fsp3) is 0.519. The molecule has 1 saturated heterocycles. The summed E-state index contributed by atoms with van der Waals surface area (Å²) in [7, 11) is 0. The Hall–Kier alpha value is -3.07. The normalized spacial score (nSPS) is 17.3. The van der Waals surface area contributed by atoms with Gasteiger partial charge in [-0.25, -0.2) is 4.98 Å². The highest BCUT2D eigenvalue weighted by atomic mass is 32.1. The highest BCUT2D eigenvalue weighted by Crippen LogP contribution is 2.40. The fourth-order valence-corrected chi connectivity index (χ4v) is 6.70. The molecule has 0 spiro atoms. The third-order valence-electron chi connectivity index (χ3n) is 7.36. The summed E-state index contributed by atoms with van der Waals surface area (Å²) in [6, 6.07) is 6.07. The van der Waals surface area contributed by atoms with Crippen molar-refractivity contribution in [2.24, 2.45) is 5.92 Å². The summed E-state index contributed by atoms with van der Waals surface area (Å²) in [4.78, 5) is 26.8. The molecule has 0 atom stereocenters. The number of aryl methyl sites for hydroxylation is 2. The Morgan fingerprint density at radius 3 is 2.86 bits per heavy atom. The molecule has 1 aromatic carbocycles. The minimum absolute atomic E-state index is 0.0900. The molecule has 9 heteroatoms. The molecule has 2 aromatic heterocycles. The molecule has 1 N–H and O–H groups in total. The van der Waals surface area contributed by atoms with Crippen molar-refractivity contribution in [2.75, 3.05) is 36.7 Å². The van der Waals surface area contributed by atoms with Crippen LogP contribution in [-0.4, -0.2) is 42.4 Å². The first-order chi connectivity index (χ1) is 17.7. The van der Waals surface area contributed by atoms with E-state index in [2.05, 4.69) is 16.3 Å². The maximum Gasteiger partial charge on any atom is 0.306 e. The van der Waals surface area contributed by atoms with Crippen LogP contribution in [0.3, 0.4) is 0 Å². The first-order valence-corrected chi connectivity index (χ1v) is 13.8. The number of hydrogen-bond donors (Lipinski definition) is 1. The van der Waals surface area contributed by atoms with Gasteiger partial charge in [0.05, 0.1) is 12.0 Å². The predicted octanol–water partition coefficient (Wildman–Crippen LogP) is 5.08. The standard InChI is InChI=1S/C27H32N4O4S/c1-2-33-23(32)14-17-9-11-31(12-10-17)27-29-25(24-19-5-3-4-6-22(19)36-26(24)30-27)28-15-18-7-8-20-21(13-18)35-16-34-20/h7-8,13,17H,2-6,9-12,14-16H2,1H3,(H,28,29,30). The zero-order chi connectivity index (χ0) is 24.5. The van der Waals surface area contributed by atoms with Crippen molar-refractivity contribution < 1.29 is 19.0 Å². The van der Waals surface area contributed by atoms with Crippen LogP contribution in [0.1, 0.15) is 55.0 Å². The number of aromatic nitrogens is 2. The second-order valence-corrected chi connectivity index (χ2v) is 10.8. The van der Waals surface area contributed by atoms with Crippen molar-refractivity contribution in [1.82, 2.24) is 9.97 Å². The third kappa shape index (κ3) is 4.68. The predicted molar refractivity (Wildman–Crippen MR) is 140 cm³/mol. The lowest BCUT2D eigenvalue weighted by atomic mass is 9.94. The van der Waals surface area contributed by atoms with Gasteiger partial charge in [0, 0.05) is 30.9 Å². The lowest BCUT2D eigenvalue weighted by molar-refractivity contribution is -0.144. The Labute approximate surface area is 215 Å². The van der Waals surface area contributed by atoms with E-state index in [0.717, 1.165) is 72.4 Å². The number of ether oxygens (including phenoxy) is 3. The van der Waals surface area contributed by atoms with Gasteiger partial charge in [-0.2, -0.15) is 4.98 Å². The molecule has 4 heterocycles. The molecule has 6 rings (SSSR count). The first kappa shape index (κ1) is 23.3. The van der Waals surface area contributed by atoms with E-state index in [1.807, 2.05) is 30.4 Å². The number of esters is 1. The number of carbonyl (C=O) groups is 1. The summed E-state index contributed by atoms with van der Waals surface area (Å²) in [6.45, 7) is 4.92. The number of thiophene rings is 1. The van der Waals surface area contributed by atoms with Crippen molar-refractivity contribution in [3.05, 3.63) is 34.2 Å². The Kier molecular flexibility index (Phi) is 6.56. The van der Waals surface area contributed by atoms with E-state index >= 15 is 0 Å². The van der Waals surface area contributed by atoms with E-state index in [4.69, 9.17) is 24.2 Å². The van der Waals surface area contributed by atoms with Gasteiger partial charge < -0.3 is 24.4 Å². The number of benzene rings is 1. The van der Waals surface area contributed by atoms with Gasteiger partial charge in [0.25, 0.3) is 0 Å². The molecular weight excluding hydrogens is 476 g/mol. The molecule has 8 nitrogen and oxygen atoms in total. The molecule has 0 amide bonds. The number of nitrogens with zero attached hydrogens (tertiary/aromatic N) is 3. The van der Waals surface area contributed by atoms with Gasteiger partial charge in [-0.3, -0.25) is 4.79 Å². The van der Waals surface area contributed by atoms with Crippen LogP contribution in [0.2, 0.25) is 0 Å². The van der Waals surface area contributed by atoms with Crippen LogP contribution in [0, 0.1) is 5.92 Å². The molecule has 2 aliphatic heterocycles. The van der Waals surface area contributed by atoms with E-state index in [9.17, 15) is 4.79 Å². The van der Waals surface area contributed by atoms with Crippen LogP contribution in [0.25, 0.3) is 10.2 Å². The minimum atomic E-state index is -0.0900. The second kappa shape index (κ2) is 10.1. The number of anilines is 2. The summed E-state index contributed by atoms with van der Waals surface area (Å²) in [5, 5.41) is 4.82. The van der Waals surface area contributed by atoms with Gasteiger partial charge in [0.1, 0.15) is 10.6 Å². The van der Waals surface area contributed by atoms with Gasteiger partial charge in [0.15, 0.2) is 11.5 Å². The SMILES string of the molecule is CCOC(=O)CC1CCN(c2nc(NCc3ccc4c(c3)OCO4)c3c4c(sc3n2)CCCC4)CC1. The summed E-state index contributed by atoms with van der Waals surface area (Å²) in [5.74, 6) is 3.56. The zero-order valence-electron chi connectivity index (χ0n) is 20.7. The van der Waals surface area contributed by atoms with Gasteiger partial charge in [-0.05, 0) is 74.6 Å². The summed E-state index contributed by atoms with van der Waals surface area (Å²) in [6.07, 6.45) is 7.08. The molecule has 0 saturated carbocycles. The number of hydrogen-bond acceptors (Lipinski definition) is 9. The molecule has 190 valence electrons. The largest absolute Gasteiger partial charge is 0.466 e. The van der Waals surface area contributed by atoms with E-state index in [1.54, 1.807) is 0 Å². The average molecular weight is 509 g/mol. The molecule has 0 radical (unpaired) electrons. The molecule has 1 fully saturated rings. The molecule has 0 unspecified atom stereocenters.